The fourth-order valence-corrected chi connectivity index (χ4v) is 3.07. The van der Waals surface area contributed by atoms with Gasteiger partial charge in [-0.25, -0.2) is 13.1 Å². The molecule has 0 atom stereocenters. The van der Waals surface area contributed by atoms with E-state index in [1.807, 2.05) is 7.05 Å². The number of aliphatic hydroxyl groups is 1. The quantitative estimate of drug-likeness (QED) is 0.708. The van der Waals surface area contributed by atoms with Crippen LogP contribution < -0.4 is 4.72 Å². The largest absolute Gasteiger partial charge is 0.392 e. The molecule has 1 rings (SSSR count). The van der Waals surface area contributed by atoms with Gasteiger partial charge in [0.15, 0.2) is 0 Å². The molecule has 0 radical (unpaired) electrons. The molecule has 6 heteroatoms. The Bertz CT molecular complexity index is 515. The molecule has 0 amide bonds. The fraction of sp³-hybridized carbons (Fsp3) is 0.571. The van der Waals surface area contributed by atoms with Crippen molar-refractivity contribution < 1.29 is 13.5 Å². The maximum Gasteiger partial charge on any atom is 0.240 e. The van der Waals surface area contributed by atoms with Crippen LogP contribution in [-0.2, 0) is 16.6 Å². The van der Waals surface area contributed by atoms with Crippen LogP contribution in [-0.4, -0.2) is 44.6 Å². The van der Waals surface area contributed by atoms with Crippen LogP contribution in [0.25, 0.3) is 0 Å². The molecule has 0 fully saturated rings. The SMILES string of the molecule is CC(C)N(C)CCCNS(=O)(=O)c1ccccc1CO. The lowest BCUT2D eigenvalue weighted by Gasteiger charge is -2.20. The van der Waals surface area contributed by atoms with Crippen molar-refractivity contribution in [3.05, 3.63) is 29.8 Å². The average molecular weight is 300 g/mol. The molecule has 114 valence electrons. The monoisotopic (exact) mass is 300 g/mol. The van der Waals surface area contributed by atoms with Crippen LogP contribution in [0.4, 0.5) is 0 Å². The van der Waals surface area contributed by atoms with Crippen LogP contribution in [0.1, 0.15) is 25.8 Å². The van der Waals surface area contributed by atoms with Gasteiger partial charge in [0.1, 0.15) is 0 Å². The molecule has 2 N–H and O–H groups in total. The first-order chi connectivity index (χ1) is 9.38. The van der Waals surface area contributed by atoms with Gasteiger partial charge in [-0.15, -0.1) is 0 Å². The molecule has 0 unspecified atom stereocenters. The number of hydrogen-bond donors (Lipinski definition) is 2. The topological polar surface area (TPSA) is 69.6 Å². The van der Waals surface area contributed by atoms with Crippen LogP contribution in [0.15, 0.2) is 29.2 Å². The highest BCUT2D eigenvalue weighted by atomic mass is 32.2. The average Bonchev–Trinajstić information content (AvgIpc) is 2.43. The molecule has 0 aromatic heterocycles. The van der Waals surface area contributed by atoms with E-state index < -0.39 is 10.0 Å². The molecule has 20 heavy (non-hydrogen) atoms. The molecule has 0 aliphatic heterocycles. The van der Waals surface area contributed by atoms with Crippen LogP contribution >= 0.6 is 0 Å². The molecular formula is C14H24N2O3S. The van der Waals surface area contributed by atoms with Gasteiger partial charge in [-0.05, 0) is 45.5 Å². The molecule has 1 aromatic rings. The summed E-state index contributed by atoms with van der Waals surface area (Å²) in [6.07, 6.45) is 0.745. The Kier molecular flexibility index (Phi) is 6.61. The second-order valence-corrected chi connectivity index (χ2v) is 6.83. The summed E-state index contributed by atoms with van der Waals surface area (Å²) in [5.74, 6) is 0. The highest BCUT2D eigenvalue weighted by molar-refractivity contribution is 7.89. The lowest BCUT2D eigenvalue weighted by Crippen LogP contribution is -2.31. The van der Waals surface area contributed by atoms with E-state index in [4.69, 9.17) is 0 Å². The first-order valence-corrected chi connectivity index (χ1v) is 8.25. The van der Waals surface area contributed by atoms with Crippen molar-refractivity contribution in [3.8, 4) is 0 Å². The smallest absolute Gasteiger partial charge is 0.240 e. The molecule has 0 aliphatic carbocycles. The minimum atomic E-state index is -3.55. The Balaban J connectivity index is 2.58. The van der Waals surface area contributed by atoms with Gasteiger partial charge in [0, 0.05) is 12.6 Å². The molecule has 0 heterocycles. The standard InChI is InChI=1S/C14H24N2O3S/c1-12(2)16(3)10-6-9-15-20(18,19)14-8-5-4-7-13(14)11-17/h4-5,7-8,12,15,17H,6,9-11H2,1-3H3. The summed E-state index contributed by atoms with van der Waals surface area (Å²) in [5.41, 5.74) is 0.416. The van der Waals surface area contributed by atoms with E-state index in [-0.39, 0.29) is 11.5 Å². The predicted octanol–water partition coefficient (Wildman–Crippen LogP) is 1.19. The number of rotatable bonds is 8. The summed E-state index contributed by atoms with van der Waals surface area (Å²) in [7, 11) is -1.54. The van der Waals surface area contributed by atoms with Gasteiger partial charge >= 0.3 is 0 Å². The Hall–Kier alpha value is -0.950. The summed E-state index contributed by atoms with van der Waals surface area (Å²) in [6, 6.07) is 6.93. The maximum absolute atomic E-state index is 12.2. The van der Waals surface area contributed by atoms with Gasteiger partial charge in [-0.2, -0.15) is 0 Å². The second kappa shape index (κ2) is 7.73. The third-order valence-corrected chi connectivity index (χ3v) is 4.86. The number of sulfonamides is 1. The number of hydrogen-bond acceptors (Lipinski definition) is 4. The minimum Gasteiger partial charge on any atom is -0.392 e. The molecule has 0 aliphatic rings. The van der Waals surface area contributed by atoms with Crippen LogP contribution in [0, 0.1) is 0 Å². The van der Waals surface area contributed by atoms with Crippen LogP contribution in [0.2, 0.25) is 0 Å². The van der Waals surface area contributed by atoms with Gasteiger partial charge in [0.2, 0.25) is 10.0 Å². The van der Waals surface area contributed by atoms with Gasteiger partial charge < -0.3 is 10.0 Å². The molecule has 1 aromatic carbocycles. The second-order valence-electron chi connectivity index (χ2n) is 5.09. The van der Waals surface area contributed by atoms with E-state index in [9.17, 15) is 13.5 Å². The minimum absolute atomic E-state index is 0.153. The number of aliphatic hydroxyl groups excluding tert-OH is 1. The molecule has 0 bridgehead atoms. The van der Waals surface area contributed by atoms with Crippen molar-refractivity contribution in [1.82, 2.24) is 9.62 Å². The predicted molar refractivity (Wildman–Crippen MR) is 79.9 cm³/mol. The zero-order valence-corrected chi connectivity index (χ0v) is 13.2. The van der Waals surface area contributed by atoms with Crippen molar-refractivity contribution in [3.63, 3.8) is 0 Å². The Morgan fingerprint density at radius 3 is 2.55 bits per heavy atom. The van der Waals surface area contributed by atoms with E-state index in [1.165, 1.54) is 6.07 Å². The summed E-state index contributed by atoms with van der Waals surface area (Å²) in [5, 5.41) is 9.19. The van der Waals surface area contributed by atoms with Crippen molar-refractivity contribution in [2.45, 2.75) is 37.8 Å². The van der Waals surface area contributed by atoms with E-state index in [0.717, 1.165) is 13.0 Å². The normalized spacial score (nSPS) is 12.3. The van der Waals surface area contributed by atoms with Crippen molar-refractivity contribution in [2.75, 3.05) is 20.1 Å². The summed E-state index contributed by atoms with van der Waals surface area (Å²) < 4.78 is 26.9. The van der Waals surface area contributed by atoms with Crippen molar-refractivity contribution in [1.29, 1.82) is 0 Å². The third kappa shape index (κ3) is 4.86. The van der Waals surface area contributed by atoms with Crippen molar-refractivity contribution >= 4 is 10.0 Å². The van der Waals surface area contributed by atoms with E-state index >= 15 is 0 Å². The molecule has 0 saturated carbocycles. The number of nitrogens with zero attached hydrogens (tertiary/aromatic N) is 1. The summed E-state index contributed by atoms with van der Waals surface area (Å²) >= 11 is 0. The van der Waals surface area contributed by atoms with Gasteiger partial charge in [0.05, 0.1) is 11.5 Å². The third-order valence-electron chi connectivity index (χ3n) is 3.29. The highest BCUT2D eigenvalue weighted by Gasteiger charge is 2.17. The van der Waals surface area contributed by atoms with E-state index in [1.54, 1.807) is 18.2 Å². The fourth-order valence-electron chi connectivity index (χ4n) is 1.77. The lowest BCUT2D eigenvalue weighted by molar-refractivity contribution is 0.271. The Morgan fingerprint density at radius 1 is 1.30 bits per heavy atom. The molecular weight excluding hydrogens is 276 g/mol. The van der Waals surface area contributed by atoms with E-state index in [2.05, 4.69) is 23.5 Å². The lowest BCUT2D eigenvalue weighted by atomic mass is 10.2. The summed E-state index contributed by atoms with van der Waals surface area (Å²) in [4.78, 5) is 2.32. The number of benzene rings is 1. The maximum atomic E-state index is 12.2. The van der Waals surface area contributed by atoms with Gasteiger partial charge in [-0.3, -0.25) is 0 Å². The van der Waals surface area contributed by atoms with Crippen LogP contribution in [0.3, 0.4) is 0 Å². The molecule has 0 spiro atoms. The molecule has 5 nitrogen and oxygen atoms in total. The van der Waals surface area contributed by atoms with Gasteiger partial charge in [0.25, 0.3) is 0 Å². The Morgan fingerprint density at radius 2 is 1.95 bits per heavy atom. The Labute approximate surface area is 121 Å². The van der Waals surface area contributed by atoms with Gasteiger partial charge in [-0.1, -0.05) is 18.2 Å². The first kappa shape index (κ1) is 17.1. The first-order valence-electron chi connectivity index (χ1n) is 6.77. The van der Waals surface area contributed by atoms with Crippen LogP contribution in [0.5, 0.6) is 0 Å². The number of nitrogens with one attached hydrogen (secondary N) is 1. The zero-order chi connectivity index (χ0) is 15.2. The van der Waals surface area contributed by atoms with E-state index in [0.29, 0.717) is 18.2 Å². The highest BCUT2D eigenvalue weighted by Crippen LogP contribution is 2.14. The zero-order valence-electron chi connectivity index (χ0n) is 12.3. The summed E-state index contributed by atoms with van der Waals surface area (Å²) in [6.45, 7) is 5.14. The molecule has 0 saturated heterocycles. The van der Waals surface area contributed by atoms with Crippen molar-refractivity contribution in [2.24, 2.45) is 0 Å².